The minimum Gasteiger partial charge on any atom is -0.496 e. The quantitative estimate of drug-likeness (QED) is 0.587. The summed E-state index contributed by atoms with van der Waals surface area (Å²) in [5.41, 5.74) is 2.60. The van der Waals surface area contributed by atoms with Gasteiger partial charge in [0.05, 0.1) is 19.2 Å². The number of imide groups is 1. The van der Waals surface area contributed by atoms with Crippen LogP contribution in [0.15, 0.2) is 84.6 Å². The van der Waals surface area contributed by atoms with Gasteiger partial charge in [-0.15, -0.1) is 0 Å². The molecule has 0 bridgehead atoms. The summed E-state index contributed by atoms with van der Waals surface area (Å²) in [6.45, 7) is 0.146. The third kappa shape index (κ3) is 3.80. The fourth-order valence-corrected chi connectivity index (χ4v) is 3.50. The van der Waals surface area contributed by atoms with E-state index in [9.17, 15) is 9.59 Å². The smallest absolute Gasteiger partial charge is 0.278 e. The molecule has 4 rings (SSSR count). The number of benzene rings is 3. The van der Waals surface area contributed by atoms with E-state index in [1.807, 2.05) is 42.5 Å². The molecule has 0 saturated heterocycles. The Kier molecular flexibility index (Phi) is 5.55. The summed E-state index contributed by atoms with van der Waals surface area (Å²) in [4.78, 5) is 27.9. The molecule has 0 unspecified atom stereocenters. The highest BCUT2D eigenvalue weighted by molar-refractivity contribution is 6.37. The Bertz CT molecular complexity index is 1120. The van der Waals surface area contributed by atoms with Gasteiger partial charge in [-0.05, 0) is 35.9 Å². The number of nitrogens with zero attached hydrogens (tertiary/aromatic N) is 1. The molecule has 1 heterocycles. The lowest BCUT2D eigenvalue weighted by Gasteiger charge is -2.16. The highest BCUT2D eigenvalue weighted by Crippen LogP contribution is 2.35. The normalized spacial score (nSPS) is 13.7. The van der Waals surface area contributed by atoms with Crippen molar-refractivity contribution in [1.29, 1.82) is 0 Å². The number of nitrogens with one attached hydrogen (secondary N) is 1. The number of carbonyl (C=O) groups is 2. The van der Waals surface area contributed by atoms with Gasteiger partial charge in [-0.3, -0.25) is 14.5 Å². The third-order valence-corrected chi connectivity index (χ3v) is 5.09. The molecule has 30 heavy (non-hydrogen) atoms. The van der Waals surface area contributed by atoms with E-state index in [4.69, 9.17) is 16.3 Å². The van der Waals surface area contributed by atoms with Crippen LogP contribution in [0, 0.1) is 0 Å². The molecule has 1 aliphatic heterocycles. The molecule has 5 nitrogen and oxygen atoms in total. The Hall–Kier alpha value is -3.57. The lowest BCUT2D eigenvalue weighted by molar-refractivity contribution is -0.137. The fraction of sp³-hybridized carbons (Fsp3) is 0.0833. The first-order valence-corrected chi connectivity index (χ1v) is 9.76. The minimum absolute atomic E-state index is 0.146. The zero-order valence-electron chi connectivity index (χ0n) is 16.3. The number of halogens is 1. The molecule has 2 amide bonds. The largest absolute Gasteiger partial charge is 0.496 e. The molecule has 1 N–H and O–H groups in total. The van der Waals surface area contributed by atoms with Crippen LogP contribution in [0.5, 0.6) is 5.75 Å². The zero-order chi connectivity index (χ0) is 21.1. The maximum Gasteiger partial charge on any atom is 0.278 e. The molecule has 0 atom stereocenters. The zero-order valence-corrected chi connectivity index (χ0v) is 17.0. The summed E-state index contributed by atoms with van der Waals surface area (Å²) >= 11 is 5.96. The first-order valence-electron chi connectivity index (χ1n) is 9.39. The van der Waals surface area contributed by atoms with E-state index in [0.717, 1.165) is 11.3 Å². The van der Waals surface area contributed by atoms with Gasteiger partial charge in [-0.1, -0.05) is 60.1 Å². The number of hydrogen-bond donors (Lipinski definition) is 1. The Labute approximate surface area is 179 Å². The summed E-state index contributed by atoms with van der Waals surface area (Å²) in [7, 11) is 1.54. The number of amides is 2. The third-order valence-electron chi connectivity index (χ3n) is 4.84. The van der Waals surface area contributed by atoms with Crippen LogP contribution in [0.4, 0.5) is 5.69 Å². The van der Waals surface area contributed by atoms with Crippen molar-refractivity contribution in [3.8, 4) is 5.75 Å². The van der Waals surface area contributed by atoms with Gasteiger partial charge in [0.25, 0.3) is 11.8 Å². The molecular formula is C24H19ClN2O3. The van der Waals surface area contributed by atoms with Crippen LogP contribution in [0.1, 0.15) is 11.1 Å². The van der Waals surface area contributed by atoms with Crippen LogP contribution in [-0.4, -0.2) is 23.8 Å². The van der Waals surface area contributed by atoms with Gasteiger partial charge in [0.2, 0.25) is 0 Å². The Morgan fingerprint density at radius 3 is 2.23 bits per heavy atom. The van der Waals surface area contributed by atoms with Crippen LogP contribution >= 0.6 is 11.6 Å². The molecule has 0 radical (unpaired) electrons. The van der Waals surface area contributed by atoms with Gasteiger partial charge in [0, 0.05) is 16.3 Å². The van der Waals surface area contributed by atoms with E-state index < -0.39 is 0 Å². The van der Waals surface area contributed by atoms with E-state index in [0.29, 0.717) is 16.3 Å². The molecule has 3 aromatic rings. The number of methoxy groups -OCH3 is 1. The van der Waals surface area contributed by atoms with Crippen molar-refractivity contribution in [2.24, 2.45) is 0 Å². The molecule has 6 heteroatoms. The van der Waals surface area contributed by atoms with Gasteiger partial charge in [0.1, 0.15) is 11.4 Å². The molecule has 0 fully saturated rings. The first-order chi connectivity index (χ1) is 14.6. The van der Waals surface area contributed by atoms with Crippen molar-refractivity contribution in [3.05, 3.63) is 101 Å². The van der Waals surface area contributed by atoms with Crippen LogP contribution in [-0.2, 0) is 16.1 Å². The maximum absolute atomic E-state index is 13.4. The number of rotatable bonds is 6. The van der Waals surface area contributed by atoms with Gasteiger partial charge in [-0.2, -0.15) is 0 Å². The minimum atomic E-state index is -0.389. The van der Waals surface area contributed by atoms with Crippen LogP contribution in [0.3, 0.4) is 0 Å². The molecular weight excluding hydrogens is 400 g/mol. The van der Waals surface area contributed by atoms with E-state index >= 15 is 0 Å². The SMILES string of the molecule is COc1ccccc1C1=C(Nc2ccccc2)C(=O)N(Cc2ccc(Cl)cc2)C1=O. The van der Waals surface area contributed by atoms with E-state index in [1.165, 1.54) is 12.0 Å². The maximum atomic E-state index is 13.4. The standard InChI is InChI=1S/C24H19ClN2O3/c1-30-20-10-6-5-9-19(20)21-22(26-18-7-3-2-4-8-18)24(29)27(23(21)28)15-16-11-13-17(25)14-12-16/h2-14,26H,15H2,1H3. The fourth-order valence-electron chi connectivity index (χ4n) is 3.37. The van der Waals surface area contributed by atoms with E-state index in [1.54, 1.807) is 36.4 Å². The molecule has 3 aromatic carbocycles. The second-order valence-electron chi connectivity index (χ2n) is 6.76. The summed E-state index contributed by atoms with van der Waals surface area (Å²) in [6.07, 6.45) is 0. The summed E-state index contributed by atoms with van der Waals surface area (Å²) in [5.74, 6) is -0.244. The van der Waals surface area contributed by atoms with Gasteiger partial charge in [0.15, 0.2) is 0 Å². The number of ether oxygens (including phenoxy) is 1. The second-order valence-corrected chi connectivity index (χ2v) is 7.20. The average Bonchev–Trinajstić information content (AvgIpc) is 3.00. The summed E-state index contributed by atoms with van der Waals surface area (Å²) in [6, 6.07) is 23.5. The number of hydrogen-bond acceptors (Lipinski definition) is 4. The lowest BCUT2D eigenvalue weighted by Crippen LogP contribution is -2.32. The molecule has 1 aliphatic rings. The topological polar surface area (TPSA) is 58.6 Å². The summed E-state index contributed by atoms with van der Waals surface area (Å²) < 4.78 is 5.45. The number of para-hydroxylation sites is 2. The average molecular weight is 419 g/mol. The van der Waals surface area contributed by atoms with Gasteiger partial charge >= 0.3 is 0 Å². The van der Waals surface area contributed by atoms with Crippen molar-refractivity contribution in [2.45, 2.75) is 6.54 Å². The number of anilines is 1. The lowest BCUT2D eigenvalue weighted by atomic mass is 10.0. The molecule has 150 valence electrons. The Morgan fingerprint density at radius 2 is 1.53 bits per heavy atom. The van der Waals surface area contributed by atoms with Crippen LogP contribution in [0.2, 0.25) is 5.02 Å². The second kappa shape index (κ2) is 8.43. The Morgan fingerprint density at radius 1 is 0.867 bits per heavy atom. The van der Waals surface area contributed by atoms with Crippen LogP contribution in [0.25, 0.3) is 5.57 Å². The monoisotopic (exact) mass is 418 g/mol. The van der Waals surface area contributed by atoms with Gasteiger partial charge < -0.3 is 10.1 Å². The predicted octanol–water partition coefficient (Wildman–Crippen LogP) is 4.74. The Balaban J connectivity index is 1.77. The van der Waals surface area contributed by atoms with Crippen LogP contribution < -0.4 is 10.1 Å². The van der Waals surface area contributed by atoms with Crippen molar-refractivity contribution >= 4 is 34.7 Å². The van der Waals surface area contributed by atoms with Gasteiger partial charge in [-0.25, -0.2) is 0 Å². The first kappa shape index (κ1) is 19.7. The van der Waals surface area contributed by atoms with E-state index in [2.05, 4.69) is 5.32 Å². The molecule has 0 aliphatic carbocycles. The van der Waals surface area contributed by atoms with E-state index in [-0.39, 0.29) is 29.6 Å². The highest BCUT2D eigenvalue weighted by Gasteiger charge is 2.40. The van der Waals surface area contributed by atoms with Crippen molar-refractivity contribution in [3.63, 3.8) is 0 Å². The van der Waals surface area contributed by atoms with Crippen molar-refractivity contribution in [1.82, 2.24) is 4.90 Å². The predicted molar refractivity (Wildman–Crippen MR) is 117 cm³/mol. The molecule has 0 aromatic heterocycles. The van der Waals surface area contributed by atoms with Crippen molar-refractivity contribution < 1.29 is 14.3 Å². The van der Waals surface area contributed by atoms with Crippen molar-refractivity contribution in [2.75, 3.05) is 12.4 Å². The summed E-state index contributed by atoms with van der Waals surface area (Å²) in [5, 5.41) is 3.73. The molecule has 0 spiro atoms. The highest BCUT2D eigenvalue weighted by atomic mass is 35.5. The number of carbonyl (C=O) groups excluding carboxylic acids is 2. The molecule has 0 saturated carbocycles.